The Morgan fingerprint density at radius 2 is 0.756 bits per heavy atom. The van der Waals surface area contributed by atoms with Gasteiger partial charge in [-0.3, -0.25) is 4.57 Å². The van der Waals surface area contributed by atoms with Crippen molar-refractivity contribution < 1.29 is 75.1 Å². The SMILES string of the molecule is NC1=NS(=O)(=O)N([C@@H]2O[C@H](COC(=O)c3ccccc3)[C@@H](OC(=O)c3ccccc3)[C@H]2OC(=O)c2ccccc2)c2ncn([C@@H]3O[C@H](COC(=O)c4ccccc4)[C@@H](OC(=O)c4ccccc4)[C@H]3OC(=O)c3ccccc3)c21. The number of fused-ring (bicyclic) bond motifs is 1. The zero-order valence-electron chi connectivity index (χ0n) is 40.7. The van der Waals surface area contributed by atoms with E-state index in [1.165, 1.54) is 77.4 Å². The van der Waals surface area contributed by atoms with E-state index in [4.69, 9.17) is 43.6 Å². The van der Waals surface area contributed by atoms with E-state index in [9.17, 15) is 37.2 Å². The molecule has 6 aromatic carbocycles. The van der Waals surface area contributed by atoms with Crippen molar-refractivity contribution in [1.29, 1.82) is 0 Å². The van der Waals surface area contributed by atoms with Crippen LogP contribution >= 0.6 is 0 Å². The lowest BCUT2D eigenvalue weighted by Gasteiger charge is -2.33. The molecule has 0 radical (unpaired) electrons. The first-order chi connectivity index (χ1) is 37.8. The first kappa shape index (κ1) is 52.0. The fourth-order valence-corrected chi connectivity index (χ4v) is 10.1. The lowest BCUT2D eigenvalue weighted by molar-refractivity contribution is -0.0623. The first-order valence-electron chi connectivity index (χ1n) is 24.1. The second kappa shape index (κ2) is 22.8. The number of carbonyl (C=O) groups excluding carboxylic acids is 6. The number of rotatable bonds is 16. The molecule has 7 aromatic rings. The summed E-state index contributed by atoms with van der Waals surface area (Å²) in [5.41, 5.74) is 6.82. The fourth-order valence-electron chi connectivity index (χ4n) is 8.85. The van der Waals surface area contributed by atoms with Gasteiger partial charge in [-0.2, -0.15) is 8.42 Å². The minimum atomic E-state index is -5.09. The van der Waals surface area contributed by atoms with Gasteiger partial charge >= 0.3 is 46.0 Å². The Balaban J connectivity index is 1.06. The number of carbonyl (C=O) groups is 6. The number of imidazole rings is 1. The lowest BCUT2D eigenvalue weighted by atomic mass is 10.1. The zero-order chi connectivity index (χ0) is 54.3. The minimum absolute atomic E-state index is 0.0121. The molecule has 0 bridgehead atoms. The quantitative estimate of drug-likeness (QED) is 0.0872. The summed E-state index contributed by atoms with van der Waals surface area (Å²) in [5.74, 6) is -6.52. The van der Waals surface area contributed by atoms with Gasteiger partial charge in [-0.25, -0.2) is 38.1 Å². The fraction of sp³-hybridized carbons (Fsp3) is 0.179. The van der Waals surface area contributed by atoms with Gasteiger partial charge < -0.3 is 43.6 Å². The number of hydrogen-bond acceptors (Lipinski definition) is 18. The van der Waals surface area contributed by atoms with Crippen molar-refractivity contribution in [3.63, 3.8) is 0 Å². The van der Waals surface area contributed by atoms with Crippen LogP contribution in [0.15, 0.2) is 193 Å². The third-order valence-corrected chi connectivity index (χ3v) is 13.9. The average molecular weight is 1080 g/mol. The van der Waals surface area contributed by atoms with Gasteiger partial charge in [0.2, 0.25) is 0 Å². The molecule has 0 spiro atoms. The highest BCUT2D eigenvalue weighted by Crippen LogP contribution is 2.42. The standard InChI is InChI=1S/C56H45N5O16S/c57-47-42-48(58-33-60(42)49-45(76-55(66)38-27-15-5-16-28-38)43(74-53(64)36-23-11-3-12-24-36)40(72-49)31-70-51(62)34-19-7-1-8-20-34)61(78(68,69)59-47)50-46(77-56(67)39-29-17-6-18-30-39)44(75-54(65)37-25-13-4-14-26-37)41(73-50)32-71-52(63)35-21-9-2-10-22-35/h1-30,33,40-41,43-46,49-50H,31-32H2,(H2,57,59)/t40-,41-,43-,44-,45-,46-,49-,50-/m1/s1. The molecule has 396 valence electrons. The van der Waals surface area contributed by atoms with E-state index in [2.05, 4.69) is 9.38 Å². The topological polar surface area (TPSA) is 270 Å². The second-order valence-electron chi connectivity index (χ2n) is 17.6. The van der Waals surface area contributed by atoms with Crippen molar-refractivity contribution in [2.45, 2.75) is 49.1 Å². The monoisotopic (exact) mass is 1080 g/mol. The van der Waals surface area contributed by atoms with Crippen molar-refractivity contribution in [3.05, 3.63) is 227 Å². The molecule has 2 N–H and O–H groups in total. The Hall–Kier alpha value is -9.51. The van der Waals surface area contributed by atoms with Gasteiger partial charge in [0.15, 0.2) is 48.5 Å². The third kappa shape index (κ3) is 11.1. The van der Waals surface area contributed by atoms with Crippen LogP contribution in [0.4, 0.5) is 5.82 Å². The van der Waals surface area contributed by atoms with Crippen molar-refractivity contribution in [3.8, 4) is 0 Å². The van der Waals surface area contributed by atoms with Gasteiger partial charge in [0.05, 0.1) is 33.4 Å². The molecule has 22 heteroatoms. The molecule has 3 aliphatic rings. The molecule has 4 heterocycles. The summed E-state index contributed by atoms with van der Waals surface area (Å²) in [4.78, 5) is 87.3. The Labute approximate surface area is 444 Å². The molecule has 3 aliphatic heterocycles. The van der Waals surface area contributed by atoms with Crippen LogP contribution in [0.1, 0.15) is 74.1 Å². The van der Waals surface area contributed by atoms with E-state index >= 15 is 0 Å². The van der Waals surface area contributed by atoms with E-state index in [-0.39, 0.29) is 39.1 Å². The Morgan fingerprint density at radius 1 is 0.449 bits per heavy atom. The Morgan fingerprint density at radius 3 is 1.12 bits per heavy atom. The summed E-state index contributed by atoms with van der Waals surface area (Å²) in [6.45, 7) is -1.26. The van der Waals surface area contributed by atoms with Crippen LogP contribution in [-0.4, -0.2) is 116 Å². The van der Waals surface area contributed by atoms with E-state index in [1.807, 2.05) is 0 Å². The zero-order valence-corrected chi connectivity index (χ0v) is 41.6. The summed E-state index contributed by atoms with van der Waals surface area (Å²) >= 11 is 0. The Kier molecular flexibility index (Phi) is 15.2. The molecule has 2 fully saturated rings. The van der Waals surface area contributed by atoms with Gasteiger partial charge in [-0.05, 0) is 72.8 Å². The van der Waals surface area contributed by atoms with E-state index in [0.717, 1.165) is 6.33 Å². The van der Waals surface area contributed by atoms with Crippen LogP contribution in [0.3, 0.4) is 0 Å². The van der Waals surface area contributed by atoms with Gasteiger partial charge in [0.25, 0.3) is 0 Å². The highest BCUT2D eigenvalue weighted by atomic mass is 32.2. The molecule has 10 rings (SSSR count). The number of ether oxygens (including phenoxy) is 8. The largest absolute Gasteiger partial charge is 0.459 e. The molecule has 1 aromatic heterocycles. The third-order valence-electron chi connectivity index (χ3n) is 12.6. The normalized spacial score (nSPS) is 21.9. The highest BCUT2D eigenvalue weighted by molar-refractivity contribution is 7.91. The molecule has 0 amide bonds. The summed E-state index contributed by atoms with van der Waals surface area (Å²) in [6, 6.07) is 47.0. The maximum Gasteiger partial charge on any atom is 0.350 e. The number of amidine groups is 1. The predicted molar refractivity (Wildman–Crippen MR) is 273 cm³/mol. The second-order valence-corrected chi connectivity index (χ2v) is 19.0. The average Bonchev–Trinajstić information content (AvgIpc) is 4.37. The van der Waals surface area contributed by atoms with Crippen LogP contribution < -0.4 is 10.0 Å². The van der Waals surface area contributed by atoms with Crippen LogP contribution in [0.2, 0.25) is 0 Å². The van der Waals surface area contributed by atoms with E-state index < -0.39 is 120 Å². The van der Waals surface area contributed by atoms with Crippen molar-refractivity contribution in [2.24, 2.45) is 10.1 Å². The highest BCUT2D eigenvalue weighted by Gasteiger charge is 2.58. The maximum absolute atomic E-state index is 14.7. The van der Waals surface area contributed by atoms with Crippen molar-refractivity contribution >= 4 is 57.7 Å². The number of benzene rings is 6. The minimum Gasteiger partial charge on any atom is -0.459 e. The van der Waals surface area contributed by atoms with Crippen LogP contribution in [0.5, 0.6) is 0 Å². The Bertz CT molecular complexity index is 3470. The van der Waals surface area contributed by atoms with E-state index in [1.54, 1.807) is 109 Å². The first-order valence-corrected chi connectivity index (χ1v) is 25.5. The molecular formula is C56H45N5O16S. The lowest BCUT2D eigenvalue weighted by Crippen LogP contribution is -2.52. The van der Waals surface area contributed by atoms with Crippen molar-refractivity contribution in [2.75, 3.05) is 17.5 Å². The summed E-state index contributed by atoms with van der Waals surface area (Å²) in [5, 5.41) is 0. The predicted octanol–water partition coefficient (Wildman–Crippen LogP) is 5.89. The molecular weight excluding hydrogens is 1030 g/mol. The number of nitrogens with two attached hydrogens (primary N) is 1. The number of nitrogens with zero attached hydrogens (tertiary/aromatic N) is 4. The summed E-state index contributed by atoms with van der Waals surface area (Å²) < 4.78 is 83.7. The molecule has 21 nitrogen and oxygen atoms in total. The number of esters is 6. The van der Waals surface area contributed by atoms with Crippen LogP contribution in [-0.2, 0) is 48.1 Å². The van der Waals surface area contributed by atoms with Crippen molar-refractivity contribution in [1.82, 2.24) is 9.55 Å². The smallest absolute Gasteiger partial charge is 0.350 e. The van der Waals surface area contributed by atoms with Gasteiger partial charge in [-0.15, -0.1) is 4.40 Å². The summed E-state index contributed by atoms with van der Waals surface area (Å²) in [6.07, 6.45) is -12.3. The molecule has 0 unspecified atom stereocenters. The molecule has 2 saturated heterocycles. The van der Waals surface area contributed by atoms with Crippen LogP contribution in [0.25, 0.3) is 0 Å². The number of anilines is 1. The molecule has 78 heavy (non-hydrogen) atoms. The van der Waals surface area contributed by atoms with Gasteiger partial charge in [0, 0.05) is 0 Å². The van der Waals surface area contributed by atoms with Gasteiger partial charge in [0.1, 0.15) is 37.4 Å². The van der Waals surface area contributed by atoms with Gasteiger partial charge in [-0.1, -0.05) is 109 Å². The number of aromatic nitrogens is 2. The molecule has 0 saturated carbocycles. The van der Waals surface area contributed by atoms with Crippen LogP contribution in [0, 0.1) is 0 Å². The number of hydrogen-bond donors (Lipinski definition) is 1. The van der Waals surface area contributed by atoms with E-state index in [0.29, 0.717) is 4.31 Å². The molecule has 0 aliphatic carbocycles. The maximum atomic E-state index is 14.7. The molecule has 8 atom stereocenters. The summed E-state index contributed by atoms with van der Waals surface area (Å²) in [7, 11) is -5.09.